The molecule has 1 saturated heterocycles. The van der Waals surface area contributed by atoms with Crippen molar-refractivity contribution in [2.45, 2.75) is 25.3 Å². The van der Waals surface area contributed by atoms with Crippen molar-refractivity contribution in [2.24, 2.45) is 0 Å². The summed E-state index contributed by atoms with van der Waals surface area (Å²) < 4.78 is 28.4. The molecule has 5 heteroatoms. The first-order valence-corrected chi connectivity index (χ1v) is 8.48. The number of methoxy groups -OCH3 is 1. The van der Waals surface area contributed by atoms with E-state index in [0.29, 0.717) is 5.75 Å². The van der Waals surface area contributed by atoms with Crippen LogP contribution in [0.25, 0.3) is 0 Å². The summed E-state index contributed by atoms with van der Waals surface area (Å²) >= 11 is 0. The highest BCUT2D eigenvalue weighted by Gasteiger charge is 2.23. The van der Waals surface area contributed by atoms with Crippen molar-refractivity contribution in [3.8, 4) is 5.75 Å². The molecule has 0 aromatic heterocycles. The molecule has 1 atom stereocenters. The van der Waals surface area contributed by atoms with E-state index >= 15 is 0 Å². The summed E-state index contributed by atoms with van der Waals surface area (Å²) in [7, 11) is -1.16. The molecule has 1 unspecified atom stereocenters. The molecule has 1 aromatic rings. The predicted molar refractivity (Wildman–Crippen MR) is 76.4 cm³/mol. The second kappa shape index (κ2) is 6.39. The third-order valence-corrected chi connectivity index (χ3v) is 5.30. The summed E-state index contributed by atoms with van der Waals surface area (Å²) in [6.45, 7) is 0.778. The van der Waals surface area contributed by atoms with E-state index in [0.717, 1.165) is 37.1 Å². The summed E-state index contributed by atoms with van der Waals surface area (Å²) in [5.74, 6) is 1.51. The minimum atomic E-state index is -2.83. The number of para-hydroxylation sites is 1. The van der Waals surface area contributed by atoms with Crippen molar-refractivity contribution in [2.75, 3.05) is 25.2 Å². The molecule has 4 nitrogen and oxygen atoms in total. The molecule has 19 heavy (non-hydrogen) atoms. The molecule has 0 aliphatic carbocycles. The molecule has 2 rings (SSSR count). The molecule has 106 valence electrons. The molecule has 1 heterocycles. The Bertz CT molecular complexity index is 513. The van der Waals surface area contributed by atoms with Crippen LogP contribution >= 0.6 is 0 Å². The SMILES string of the molecule is COc1ccccc1CCNC1CCCS(=O)(=O)C1. The average Bonchev–Trinajstić information content (AvgIpc) is 2.38. The number of hydrogen-bond acceptors (Lipinski definition) is 4. The lowest BCUT2D eigenvalue weighted by Crippen LogP contribution is -2.40. The van der Waals surface area contributed by atoms with Gasteiger partial charge in [0, 0.05) is 6.04 Å². The van der Waals surface area contributed by atoms with E-state index in [1.807, 2.05) is 24.3 Å². The number of ether oxygens (including phenoxy) is 1. The zero-order valence-corrected chi connectivity index (χ0v) is 12.1. The fourth-order valence-electron chi connectivity index (χ4n) is 2.50. The van der Waals surface area contributed by atoms with E-state index in [9.17, 15) is 8.42 Å². The van der Waals surface area contributed by atoms with Crippen LogP contribution in [0.5, 0.6) is 5.75 Å². The van der Waals surface area contributed by atoms with E-state index in [1.54, 1.807) is 7.11 Å². The molecule has 0 radical (unpaired) electrons. The maximum Gasteiger partial charge on any atom is 0.151 e. The fraction of sp³-hybridized carbons (Fsp3) is 0.571. The first-order valence-electron chi connectivity index (χ1n) is 6.66. The van der Waals surface area contributed by atoms with Crippen LogP contribution in [0.3, 0.4) is 0 Å². The maximum atomic E-state index is 11.5. The Morgan fingerprint density at radius 3 is 2.89 bits per heavy atom. The first kappa shape index (κ1) is 14.3. The summed E-state index contributed by atoms with van der Waals surface area (Å²) in [4.78, 5) is 0. The van der Waals surface area contributed by atoms with Crippen molar-refractivity contribution in [3.63, 3.8) is 0 Å². The maximum absolute atomic E-state index is 11.5. The quantitative estimate of drug-likeness (QED) is 0.887. The Kier molecular flexibility index (Phi) is 4.82. The van der Waals surface area contributed by atoms with Crippen molar-refractivity contribution in [1.82, 2.24) is 5.32 Å². The van der Waals surface area contributed by atoms with Crippen LogP contribution in [0.4, 0.5) is 0 Å². The minimum Gasteiger partial charge on any atom is -0.496 e. The van der Waals surface area contributed by atoms with Crippen LogP contribution in [0.1, 0.15) is 18.4 Å². The van der Waals surface area contributed by atoms with Gasteiger partial charge in [-0.05, 0) is 37.4 Å². The third kappa shape index (κ3) is 4.21. The third-order valence-electron chi connectivity index (χ3n) is 3.48. The zero-order valence-electron chi connectivity index (χ0n) is 11.3. The summed E-state index contributed by atoms with van der Waals surface area (Å²) in [6, 6.07) is 8.03. The minimum absolute atomic E-state index is 0.105. The van der Waals surface area contributed by atoms with Gasteiger partial charge in [-0.3, -0.25) is 0 Å². The van der Waals surface area contributed by atoms with E-state index in [-0.39, 0.29) is 11.8 Å². The topological polar surface area (TPSA) is 55.4 Å². The van der Waals surface area contributed by atoms with Crippen molar-refractivity contribution in [3.05, 3.63) is 29.8 Å². The molecule has 1 aliphatic heterocycles. The molecule has 1 N–H and O–H groups in total. The summed E-state index contributed by atoms with van der Waals surface area (Å²) in [5, 5.41) is 3.34. The number of sulfone groups is 1. The Hall–Kier alpha value is -1.07. The van der Waals surface area contributed by atoms with Gasteiger partial charge in [-0.2, -0.15) is 0 Å². The first-order chi connectivity index (χ1) is 9.11. The number of benzene rings is 1. The van der Waals surface area contributed by atoms with Crippen LogP contribution in [0.2, 0.25) is 0 Å². The van der Waals surface area contributed by atoms with E-state index in [4.69, 9.17) is 4.74 Å². The normalized spacial score (nSPS) is 22.1. The van der Waals surface area contributed by atoms with Crippen molar-refractivity contribution < 1.29 is 13.2 Å². The van der Waals surface area contributed by atoms with Gasteiger partial charge < -0.3 is 10.1 Å². The number of rotatable bonds is 5. The number of hydrogen-bond donors (Lipinski definition) is 1. The lowest BCUT2D eigenvalue weighted by Gasteiger charge is -2.23. The summed E-state index contributed by atoms with van der Waals surface area (Å²) in [6.07, 6.45) is 2.57. The van der Waals surface area contributed by atoms with Gasteiger partial charge in [-0.15, -0.1) is 0 Å². The Morgan fingerprint density at radius 1 is 1.37 bits per heavy atom. The van der Waals surface area contributed by atoms with Gasteiger partial charge in [-0.25, -0.2) is 8.42 Å². The molecule has 0 bridgehead atoms. The molecule has 0 amide bonds. The Labute approximate surface area is 115 Å². The molecule has 0 spiro atoms. The highest BCUT2D eigenvalue weighted by molar-refractivity contribution is 7.91. The molecule has 1 aromatic carbocycles. The average molecular weight is 283 g/mol. The molecule has 1 aliphatic rings. The van der Waals surface area contributed by atoms with Crippen LogP contribution < -0.4 is 10.1 Å². The monoisotopic (exact) mass is 283 g/mol. The second-order valence-corrected chi connectivity index (χ2v) is 7.20. The Balaban J connectivity index is 1.83. The van der Waals surface area contributed by atoms with Crippen LogP contribution in [-0.2, 0) is 16.3 Å². The van der Waals surface area contributed by atoms with Gasteiger partial charge in [-0.1, -0.05) is 18.2 Å². The van der Waals surface area contributed by atoms with Crippen molar-refractivity contribution >= 4 is 9.84 Å². The standard InChI is InChI=1S/C14H21NO3S/c1-18-14-7-3-2-5-12(14)8-9-15-13-6-4-10-19(16,17)11-13/h2-3,5,7,13,15H,4,6,8-11H2,1H3. The van der Waals surface area contributed by atoms with Gasteiger partial charge in [0.15, 0.2) is 9.84 Å². The zero-order chi connectivity index (χ0) is 13.7. The van der Waals surface area contributed by atoms with Gasteiger partial charge in [0.1, 0.15) is 5.75 Å². The van der Waals surface area contributed by atoms with E-state index < -0.39 is 9.84 Å². The smallest absolute Gasteiger partial charge is 0.151 e. The Morgan fingerprint density at radius 2 is 2.16 bits per heavy atom. The van der Waals surface area contributed by atoms with Gasteiger partial charge in [0.2, 0.25) is 0 Å². The number of nitrogens with one attached hydrogen (secondary N) is 1. The van der Waals surface area contributed by atoms with Crippen LogP contribution in [-0.4, -0.2) is 39.6 Å². The highest BCUT2D eigenvalue weighted by atomic mass is 32.2. The molecule has 0 saturated carbocycles. The lowest BCUT2D eigenvalue weighted by atomic mass is 10.1. The van der Waals surface area contributed by atoms with Crippen molar-refractivity contribution in [1.29, 1.82) is 0 Å². The van der Waals surface area contributed by atoms with E-state index in [1.165, 1.54) is 0 Å². The molecular formula is C14H21NO3S. The van der Waals surface area contributed by atoms with Crippen LogP contribution in [0, 0.1) is 0 Å². The second-order valence-electron chi connectivity index (χ2n) is 4.97. The lowest BCUT2D eigenvalue weighted by molar-refractivity contribution is 0.408. The highest BCUT2D eigenvalue weighted by Crippen LogP contribution is 2.17. The van der Waals surface area contributed by atoms with Gasteiger partial charge in [0.05, 0.1) is 18.6 Å². The van der Waals surface area contributed by atoms with Gasteiger partial charge in [0.25, 0.3) is 0 Å². The predicted octanol–water partition coefficient (Wildman–Crippen LogP) is 1.40. The fourth-order valence-corrected chi connectivity index (χ4v) is 4.18. The molecule has 1 fully saturated rings. The largest absolute Gasteiger partial charge is 0.496 e. The molecular weight excluding hydrogens is 262 g/mol. The summed E-state index contributed by atoms with van der Waals surface area (Å²) in [5.41, 5.74) is 1.15. The van der Waals surface area contributed by atoms with Gasteiger partial charge >= 0.3 is 0 Å². The van der Waals surface area contributed by atoms with Crippen LogP contribution in [0.15, 0.2) is 24.3 Å². The van der Waals surface area contributed by atoms with E-state index in [2.05, 4.69) is 5.32 Å².